The molecule has 92 valence electrons. The molecule has 3 N–H and O–H groups in total. The van der Waals surface area contributed by atoms with E-state index in [0.717, 1.165) is 34.9 Å². The van der Waals surface area contributed by atoms with Gasteiger partial charge in [0.05, 0.1) is 11.4 Å². The number of nitrogen functional groups attached to an aromatic ring is 1. The summed E-state index contributed by atoms with van der Waals surface area (Å²) in [6, 6.07) is 3.54. The number of hydrogen-bond donors (Lipinski definition) is 2. The molecule has 1 fully saturated rings. The number of rotatable bonds is 1. The van der Waals surface area contributed by atoms with Gasteiger partial charge in [0.15, 0.2) is 0 Å². The Morgan fingerprint density at radius 3 is 2.53 bits per heavy atom. The van der Waals surface area contributed by atoms with Gasteiger partial charge in [-0.25, -0.2) is 4.79 Å². The van der Waals surface area contributed by atoms with E-state index in [9.17, 15) is 4.79 Å². The Morgan fingerprint density at radius 1 is 1.29 bits per heavy atom. The second kappa shape index (κ2) is 5.27. The minimum absolute atomic E-state index is 0.0859. The Kier molecular flexibility index (Phi) is 3.93. The Morgan fingerprint density at radius 2 is 1.94 bits per heavy atom. The maximum atomic E-state index is 11.9. The van der Waals surface area contributed by atoms with E-state index in [0.29, 0.717) is 11.4 Å². The van der Waals surface area contributed by atoms with Crippen LogP contribution in [-0.2, 0) is 0 Å². The van der Waals surface area contributed by atoms with E-state index in [1.165, 1.54) is 0 Å². The number of carbonyl (C=O) groups is 1. The van der Waals surface area contributed by atoms with Crippen molar-refractivity contribution in [2.45, 2.75) is 12.8 Å². The topological polar surface area (TPSA) is 58.4 Å². The minimum atomic E-state index is -0.0859. The van der Waals surface area contributed by atoms with E-state index in [2.05, 4.69) is 37.2 Å². The van der Waals surface area contributed by atoms with E-state index in [1.807, 2.05) is 6.07 Å². The standard InChI is InChI=1S/C11H13Br2N3O/c12-7-5-8(13)10(9(14)6-7)15-11(17)16-3-1-2-4-16/h5-6H,1-4,14H2,(H,15,17). The number of anilines is 2. The number of nitrogens with two attached hydrogens (primary N) is 1. The molecule has 1 aromatic rings. The molecule has 0 bridgehead atoms. The number of nitrogens with one attached hydrogen (secondary N) is 1. The molecule has 0 saturated carbocycles. The number of halogens is 2. The number of benzene rings is 1. The fourth-order valence-corrected chi connectivity index (χ4v) is 3.19. The van der Waals surface area contributed by atoms with Crippen molar-refractivity contribution in [1.29, 1.82) is 0 Å². The highest BCUT2D eigenvalue weighted by molar-refractivity contribution is 9.11. The maximum absolute atomic E-state index is 11.9. The third-order valence-corrected chi connectivity index (χ3v) is 3.79. The van der Waals surface area contributed by atoms with Gasteiger partial charge in [0.25, 0.3) is 0 Å². The van der Waals surface area contributed by atoms with Crippen LogP contribution in [0, 0.1) is 0 Å². The average molecular weight is 363 g/mol. The molecule has 2 amide bonds. The molecule has 1 aromatic carbocycles. The Balaban J connectivity index is 2.15. The molecule has 0 spiro atoms. The van der Waals surface area contributed by atoms with Crippen molar-refractivity contribution in [3.8, 4) is 0 Å². The van der Waals surface area contributed by atoms with Gasteiger partial charge in [0, 0.05) is 22.0 Å². The number of hydrogen-bond acceptors (Lipinski definition) is 2. The van der Waals surface area contributed by atoms with Gasteiger partial charge in [-0.05, 0) is 40.9 Å². The summed E-state index contributed by atoms with van der Waals surface area (Å²) in [6.07, 6.45) is 2.15. The van der Waals surface area contributed by atoms with Gasteiger partial charge in [-0.1, -0.05) is 15.9 Å². The number of nitrogens with zero attached hydrogens (tertiary/aromatic N) is 1. The third-order valence-electron chi connectivity index (χ3n) is 2.71. The van der Waals surface area contributed by atoms with Crippen molar-refractivity contribution >= 4 is 49.3 Å². The van der Waals surface area contributed by atoms with Gasteiger partial charge >= 0.3 is 6.03 Å². The average Bonchev–Trinajstić information content (AvgIpc) is 2.76. The fraction of sp³-hybridized carbons (Fsp3) is 0.364. The molecule has 17 heavy (non-hydrogen) atoms. The van der Waals surface area contributed by atoms with Crippen LogP contribution in [0.15, 0.2) is 21.1 Å². The SMILES string of the molecule is Nc1cc(Br)cc(Br)c1NC(=O)N1CCCC1. The predicted octanol–water partition coefficient (Wildman–Crippen LogP) is 3.42. The molecule has 4 nitrogen and oxygen atoms in total. The molecule has 0 aliphatic carbocycles. The van der Waals surface area contributed by atoms with E-state index in [1.54, 1.807) is 11.0 Å². The second-order valence-electron chi connectivity index (χ2n) is 3.98. The van der Waals surface area contributed by atoms with Crippen molar-refractivity contribution in [1.82, 2.24) is 4.90 Å². The summed E-state index contributed by atoms with van der Waals surface area (Å²) in [7, 11) is 0. The van der Waals surface area contributed by atoms with Crippen LogP contribution >= 0.6 is 31.9 Å². The summed E-state index contributed by atoms with van der Waals surface area (Å²) in [5, 5.41) is 2.84. The Hall–Kier alpha value is -0.750. The lowest BCUT2D eigenvalue weighted by atomic mass is 10.3. The van der Waals surface area contributed by atoms with Crippen LogP contribution in [-0.4, -0.2) is 24.0 Å². The van der Waals surface area contributed by atoms with E-state index >= 15 is 0 Å². The lowest BCUT2D eigenvalue weighted by Gasteiger charge is -2.18. The Bertz CT molecular complexity index is 421. The van der Waals surface area contributed by atoms with Crippen LogP contribution in [0.4, 0.5) is 16.2 Å². The van der Waals surface area contributed by atoms with Crippen LogP contribution in [0.25, 0.3) is 0 Å². The second-order valence-corrected chi connectivity index (χ2v) is 5.75. The van der Waals surface area contributed by atoms with Crippen molar-refractivity contribution in [3.63, 3.8) is 0 Å². The lowest BCUT2D eigenvalue weighted by molar-refractivity contribution is 0.222. The van der Waals surface area contributed by atoms with Crippen molar-refractivity contribution < 1.29 is 4.79 Å². The molecule has 0 radical (unpaired) electrons. The lowest BCUT2D eigenvalue weighted by Crippen LogP contribution is -2.32. The van der Waals surface area contributed by atoms with Gasteiger partial charge in [0.2, 0.25) is 0 Å². The minimum Gasteiger partial charge on any atom is -0.397 e. The molecular weight excluding hydrogens is 350 g/mol. The highest BCUT2D eigenvalue weighted by Gasteiger charge is 2.19. The van der Waals surface area contributed by atoms with Crippen LogP contribution in [0.2, 0.25) is 0 Å². The summed E-state index contributed by atoms with van der Waals surface area (Å²) in [5.74, 6) is 0. The smallest absolute Gasteiger partial charge is 0.321 e. The summed E-state index contributed by atoms with van der Waals surface area (Å²) in [5.41, 5.74) is 7.05. The largest absolute Gasteiger partial charge is 0.397 e. The molecule has 1 heterocycles. The quantitative estimate of drug-likeness (QED) is 0.752. The van der Waals surface area contributed by atoms with Crippen LogP contribution < -0.4 is 11.1 Å². The summed E-state index contributed by atoms with van der Waals surface area (Å²) >= 11 is 6.74. The molecule has 0 aromatic heterocycles. The maximum Gasteiger partial charge on any atom is 0.321 e. The van der Waals surface area contributed by atoms with Gasteiger partial charge in [-0.2, -0.15) is 0 Å². The predicted molar refractivity (Wildman–Crippen MR) is 76.1 cm³/mol. The molecule has 2 rings (SSSR count). The molecule has 1 aliphatic heterocycles. The first-order valence-corrected chi connectivity index (χ1v) is 6.97. The number of urea groups is 1. The van der Waals surface area contributed by atoms with Crippen LogP contribution in [0.3, 0.4) is 0 Å². The van der Waals surface area contributed by atoms with Gasteiger partial charge in [0.1, 0.15) is 0 Å². The van der Waals surface area contributed by atoms with Crippen LogP contribution in [0.1, 0.15) is 12.8 Å². The van der Waals surface area contributed by atoms with E-state index < -0.39 is 0 Å². The summed E-state index contributed by atoms with van der Waals surface area (Å²) in [6.45, 7) is 1.64. The normalized spacial score (nSPS) is 15.1. The highest BCUT2D eigenvalue weighted by Crippen LogP contribution is 2.32. The van der Waals surface area contributed by atoms with Gasteiger partial charge in [-0.3, -0.25) is 0 Å². The molecule has 0 atom stereocenters. The zero-order valence-electron chi connectivity index (χ0n) is 9.17. The molecular formula is C11H13Br2N3O. The molecule has 6 heteroatoms. The number of carbonyl (C=O) groups excluding carboxylic acids is 1. The first kappa shape index (κ1) is 12.7. The number of amides is 2. The Labute approximate surface area is 117 Å². The fourth-order valence-electron chi connectivity index (χ4n) is 1.83. The zero-order chi connectivity index (χ0) is 12.4. The van der Waals surface area contributed by atoms with Crippen molar-refractivity contribution in [3.05, 3.63) is 21.1 Å². The van der Waals surface area contributed by atoms with Gasteiger partial charge in [-0.15, -0.1) is 0 Å². The highest BCUT2D eigenvalue weighted by atomic mass is 79.9. The zero-order valence-corrected chi connectivity index (χ0v) is 12.3. The van der Waals surface area contributed by atoms with E-state index in [4.69, 9.17) is 5.73 Å². The summed E-state index contributed by atoms with van der Waals surface area (Å²) < 4.78 is 1.65. The number of likely N-dealkylation sites (tertiary alicyclic amines) is 1. The van der Waals surface area contributed by atoms with Crippen molar-refractivity contribution in [2.75, 3.05) is 24.1 Å². The van der Waals surface area contributed by atoms with Crippen molar-refractivity contribution in [2.24, 2.45) is 0 Å². The summed E-state index contributed by atoms with van der Waals surface area (Å²) in [4.78, 5) is 13.7. The van der Waals surface area contributed by atoms with Gasteiger partial charge < -0.3 is 16.0 Å². The molecule has 1 saturated heterocycles. The molecule has 0 unspecified atom stereocenters. The molecule has 1 aliphatic rings. The first-order chi connectivity index (χ1) is 8.08. The third kappa shape index (κ3) is 2.93. The van der Waals surface area contributed by atoms with Crippen LogP contribution in [0.5, 0.6) is 0 Å². The van der Waals surface area contributed by atoms with E-state index in [-0.39, 0.29) is 6.03 Å². The monoisotopic (exact) mass is 361 g/mol. The first-order valence-electron chi connectivity index (χ1n) is 5.38.